The molecule has 1 aromatic carbocycles. The Labute approximate surface area is 163 Å². The quantitative estimate of drug-likeness (QED) is 0.220. The number of hydrogen-bond acceptors (Lipinski definition) is 8. The van der Waals surface area contributed by atoms with E-state index >= 15 is 0 Å². The maximum Gasteiger partial charge on any atom is 0.317 e. The van der Waals surface area contributed by atoms with Crippen molar-refractivity contribution in [3.05, 3.63) is 45.6 Å². The Bertz CT molecular complexity index is 974. The average Bonchev–Trinajstić information content (AvgIpc) is 2.66. The van der Waals surface area contributed by atoms with E-state index in [1.807, 2.05) is 6.07 Å². The number of aryl methyl sites for hydroxylation is 1. The molecule has 11 heteroatoms. The van der Waals surface area contributed by atoms with Crippen LogP contribution in [0.3, 0.4) is 0 Å². The Morgan fingerprint density at radius 1 is 1.32 bits per heavy atom. The summed E-state index contributed by atoms with van der Waals surface area (Å²) in [4.78, 5) is 41.1. The Hall–Kier alpha value is -3.52. The van der Waals surface area contributed by atoms with Gasteiger partial charge in [0.1, 0.15) is 6.07 Å². The largest absolute Gasteiger partial charge is 0.481 e. The van der Waals surface area contributed by atoms with E-state index in [2.05, 4.69) is 9.97 Å². The lowest BCUT2D eigenvalue weighted by molar-refractivity contribution is -0.384. The lowest BCUT2D eigenvalue weighted by Crippen LogP contribution is -2.24. The summed E-state index contributed by atoms with van der Waals surface area (Å²) in [7, 11) is 0. The number of hydrogen-bond donors (Lipinski definition) is 2. The second kappa shape index (κ2) is 8.92. The molecule has 28 heavy (non-hydrogen) atoms. The molecule has 2 N–H and O–H groups in total. The molecule has 0 spiro atoms. The van der Waals surface area contributed by atoms with Crippen LogP contribution < -0.4 is 0 Å². The zero-order valence-corrected chi connectivity index (χ0v) is 15.3. The molecule has 0 amide bonds. The lowest BCUT2D eigenvalue weighted by Gasteiger charge is -2.12. The van der Waals surface area contributed by atoms with E-state index in [0.717, 1.165) is 0 Å². The van der Waals surface area contributed by atoms with Crippen LogP contribution >= 0.6 is 11.8 Å². The minimum atomic E-state index is -1.64. The van der Waals surface area contributed by atoms with Crippen molar-refractivity contribution in [3.63, 3.8) is 0 Å². The van der Waals surface area contributed by atoms with Crippen LogP contribution in [0.2, 0.25) is 0 Å². The second-order valence-corrected chi connectivity index (χ2v) is 6.34. The van der Waals surface area contributed by atoms with Gasteiger partial charge in [-0.25, -0.2) is 9.97 Å². The Morgan fingerprint density at radius 3 is 2.54 bits per heavy atom. The third kappa shape index (κ3) is 4.60. The van der Waals surface area contributed by atoms with Crippen molar-refractivity contribution in [3.8, 4) is 17.3 Å². The highest BCUT2D eigenvalue weighted by Gasteiger charge is 2.27. The SMILES string of the molecule is CSc1nc(CCC(C(=O)O)C(=O)O)c(C#N)c(-c2cccc([N+](=O)[O-])c2)n1. The van der Waals surface area contributed by atoms with Gasteiger partial charge in [0, 0.05) is 17.7 Å². The molecule has 0 fully saturated rings. The molecule has 2 rings (SSSR count). The fraction of sp³-hybridized carbons (Fsp3) is 0.235. The highest BCUT2D eigenvalue weighted by molar-refractivity contribution is 7.98. The summed E-state index contributed by atoms with van der Waals surface area (Å²) in [5.74, 6) is -4.60. The minimum absolute atomic E-state index is 0.0211. The molecule has 0 aliphatic rings. The molecule has 1 heterocycles. The second-order valence-electron chi connectivity index (χ2n) is 5.57. The number of non-ortho nitro benzene ring substituents is 1. The zero-order chi connectivity index (χ0) is 20.8. The van der Waals surface area contributed by atoms with Crippen LogP contribution in [0, 0.1) is 27.4 Å². The smallest absolute Gasteiger partial charge is 0.317 e. The van der Waals surface area contributed by atoms with Gasteiger partial charge in [0.2, 0.25) is 0 Å². The molecule has 1 aromatic heterocycles. The van der Waals surface area contributed by atoms with E-state index in [1.165, 1.54) is 30.0 Å². The van der Waals surface area contributed by atoms with E-state index in [-0.39, 0.29) is 40.6 Å². The maximum absolute atomic E-state index is 11.1. The third-order valence-corrected chi connectivity index (χ3v) is 4.40. The number of aromatic nitrogens is 2. The minimum Gasteiger partial charge on any atom is -0.481 e. The predicted octanol–water partition coefficient (Wildman–Crippen LogP) is 2.36. The molecule has 10 nitrogen and oxygen atoms in total. The first-order chi connectivity index (χ1) is 13.3. The van der Waals surface area contributed by atoms with Crippen LogP contribution in [0.5, 0.6) is 0 Å². The van der Waals surface area contributed by atoms with E-state index < -0.39 is 22.8 Å². The molecule has 0 bridgehead atoms. The molecular formula is C17H14N4O6S. The Balaban J connectivity index is 2.54. The normalized spacial score (nSPS) is 10.5. The van der Waals surface area contributed by atoms with Crippen molar-refractivity contribution >= 4 is 29.4 Å². The van der Waals surface area contributed by atoms with E-state index in [1.54, 1.807) is 12.3 Å². The first kappa shape index (κ1) is 20.8. The van der Waals surface area contributed by atoms with Crippen molar-refractivity contribution in [2.75, 3.05) is 6.26 Å². The summed E-state index contributed by atoms with van der Waals surface area (Å²) in [6, 6.07) is 7.54. The van der Waals surface area contributed by atoms with Gasteiger partial charge >= 0.3 is 11.9 Å². The first-order valence-electron chi connectivity index (χ1n) is 7.84. The van der Waals surface area contributed by atoms with Crippen molar-refractivity contribution in [2.24, 2.45) is 5.92 Å². The fourth-order valence-electron chi connectivity index (χ4n) is 2.48. The number of nitrogens with zero attached hydrogens (tertiary/aromatic N) is 4. The Kier molecular flexibility index (Phi) is 6.62. The topological polar surface area (TPSA) is 167 Å². The number of nitriles is 1. The fourth-order valence-corrected chi connectivity index (χ4v) is 2.87. The molecule has 0 saturated heterocycles. The summed E-state index contributed by atoms with van der Waals surface area (Å²) in [6.07, 6.45) is 1.35. The number of carbonyl (C=O) groups is 2. The van der Waals surface area contributed by atoms with E-state index in [4.69, 9.17) is 10.2 Å². The molecule has 0 unspecified atom stereocenters. The summed E-state index contributed by atoms with van der Waals surface area (Å²) in [5.41, 5.74) is 0.535. The maximum atomic E-state index is 11.1. The van der Waals surface area contributed by atoms with Gasteiger partial charge in [-0.05, 0) is 19.1 Å². The summed E-state index contributed by atoms with van der Waals surface area (Å²) in [5, 5.41) is 38.9. The number of nitro groups is 1. The molecule has 0 saturated carbocycles. The molecule has 144 valence electrons. The first-order valence-corrected chi connectivity index (χ1v) is 9.06. The molecule has 0 aliphatic heterocycles. The monoisotopic (exact) mass is 402 g/mol. The molecular weight excluding hydrogens is 388 g/mol. The van der Waals surface area contributed by atoms with Gasteiger partial charge in [0.15, 0.2) is 11.1 Å². The van der Waals surface area contributed by atoms with Crippen molar-refractivity contribution in [1.82, 2.24) is 9.97 Å². The number of aliphatic carboxylic acids is 2. The van der Waals surface area contributed by atoms with Gasteiger partial charge in [0.25, 0.3) is 5.69 Å². The van der Waals surface area contributed by atoms with Crippen LogP contribution in [0.15, 0.2) is 29.4 Å². The van der Waals surface area contributed by atoms with Gasteiger partial charge in [-0.2, -0.15) is 5.26 Å². The average molecular weight is 402 g/mol. The lowest BCUT2D eigenvalue weighted by atomic mass is 9.98. The number of nitro benzene ring substituents is 1. The molecule has 0 radical (unpaired) electrons. The summed E-state index contributed by atoms with van der Waals surface area (Å²) >= 11 is 1.17. The van der Waals surface area contributed by atoms with Gasteiger partial charge in [-0.15, -0.1) is 0 Å². The van der Waals surface area contributed by atoms with Crippen LogP contribution in [0.1, 0.15) is 17.7 Å². The van der Waals surface area contributed by atoms with Crippen LogP contribution in [0.4, 0.5) is 5.69 Å². The summed E-state index contributed by atoms with van der Waals surface area (Å²) in [6.45, 7) is 0. The van der Waals surface area contributed by atoms with E-state index in [9.17, 15) is 25.0 Å². The van der Waals surface area contributed by atoms with Crippen molar-refractivity contribution < 1.29 is 24.7 Å². The molecule has 2 aromatic rings. The summed E-state index contributed by atoms with van der Waals surface area (Å²) < 4.78 is 0. The number of benzene rings is 1. The molecule has 0 aliphatic carbocycles. The number of carboxylic acids is 2. The highest BCUT2D eigenvalue weighted by Crippen LogP contribution is 2.29. The van der Waals surface area contributed by atoms with Crippen molar-refractivity contribution in [1.29, 1.82) is 5.26 Å². The number of rotatable bonds is 8. The zero-order valence-electron chi connectivity index (χ0n) is 14.5. The Morgan fingerprint density at radius 2 is 2.00 bits per heavy atom. The van der Waals surface area contributed by atoms with Crippen LogP contribution in [0.25, 0.3) is 11.3 Å². The predicted molar refractivity (Wildman–Crippen MR) is 97.7 cm³/mol. The number of thioether (sulfide) groups is 1. The van der Waals surface area contributed by atoms with Crippen LogP contribution in [-0.2, 0) is 16.0 Å². The van der Waals surface area contributed by atoms with Crippen molar-refractivity contribution in [2.45, 2.75) is 18.0 Å². The van der Waals surface area contributed by atoms with Gasteiger partial charge in [-0.3, -0.25) is 19.7 Å². The van der Waals surface area contributed by atoms with Gasteiger partial charge < -0.3 is 10.2 Å². The molecule has 0 atom stereocenters. The van der Waals surface area contributed by atoms with E-state index in [0.29, 0.717) is 5.56 Å². The number of carboxylic acid groups (broad SMARTS) is 2. The third-order valence-electron chi connectivity index (χ3n) is 3.85. The highest BCUT2D eigenvalue weighted by atomic mass is 32.2. The van der Waals surface area contributed by atoms with Gasteiger partial charge in [0.05, 0.1) is 21.9 Å². The van der Waals surface area contributed by atoms with Crippen LogP contribution in [-0.4, -0.2) is 43.3 Å². The standard InChI is InChI=1S/C17H14N4O6S/c1-28-17-19-13(6-5-11(15(22)23)16(24)25)12(8-18)14(20-17)9-3-2-4-10(7-9)21(26)27/h2-4,7,11H,5-6H2,1H3,(H,22,23)(H,24,25). The van der Waals surface area contributed by atoms with Gasteiger partial charge in [-0.1, -0.05) is 23.9 Å².